The fourth-order valence-electron chi connectivity index (χ4n) is 1.17. The van der Waals surface area contributed by atoms with Crippen molar-refractivity contribution in [2.24, 2.45) is 0 Å². The third-order valence-corrected chi connectivity index (χ3v) is 1.71. The van der Waals surface area contributed by atoms with Gasteiger partial charge in [0, 0.05) is 13.1 Å². The fourth-order valence-corrected chi connectivity index (χ4v) is 1.17. The van der Waals surface area contributed by atoms with E-state index in [1.165, 1.54) is 0 Å². The number of morpholine rings is 1. The van der Waals surface area contributed by atoms with Gasteiger partial charge in [0.25, 0.3) is 0 Å². The van der Waals surface area contributed by atoms with Crippen LogP contribution in [0.5, 0.6) is 0 Å². The zero-order chi connectivity index (χ0) is 8.97. The van der Waals surface area contributed by atoms with Crippen molar-refractivity contribution in [2.45, 2.75) is 26.1 Å². The molecule has 0 saturated carbocycles. The monoisotopic (exact) mass is 209 g/mol. The summed E-state index contributed by atoms with van der Waals surface area (Å²) in [6.07, 6.45) is -0.332. The van der Waals surface area contributed by atoms with Gasteiger partial charge in [-0.25, -0.2) is 4.79 Å². The molecule has 5 heteroatoms. The second kappa shape index (κ2) is 6.18. The first-order valence-corrected chi connectivity index (χ1v) is 4.27. The number of ether oxygens (including phenoxy) is 2. The van der Waals surface area contributed by atoms with Gasteiger partial charge in [0.1, 0.15) is 0 Å². The molecule has 0 amide bonds. The molecule has 0 aromatic heterocycles. The zero-order valence-electron chi connectivity index (χ0n) is 7.91. The summed E-state index contributed by atoms with van der Waals surface area (Å²) >= 11 is 0. The van der Waals surface area contributed by atoms with E-state index in [0.717, 1.165) is 6.54 Å². The van der Waals surface area contributed by atoms with Gasteiger partial charge in [0.05, 0.1) is 12.7 Å². The Morgan fingerprint density at radius 2 is 2.31 bits per heavy atom. The van der Waals surface area contributed by atoms with Crippen LogP contribution in [-0.2, 0) is 14.3 Å². The first-order valence-electron chi connectivity index (χ1n) is 4.27. The zero-order valence-corrected chi connectivity index (χ0v) is 8.73. The van der Waals surface area contributed by atoms with Crippen LogP contribution in [0.1, 0.15) is 13.8 Å². The highest BCUT2D eigenvalue weighted by atomic mass is 35.5. The Morgan fingerprint density at radius 1 is 1.62 bits per heavy atom. The predicted octanol–water partition coefficient (Wildman–Crippen LogP) is 0.348. The number of hydrogen-bond donors (Lipinski definition) is 1. The maximum absolute atomic E-state index is 11.2. The van der Waals surface area contributed by atoms with E-state index in [1.807, 2.05) is 6.92 Å². The number of hydrogen-bond acceptors (Lipinski definition) is 4. The summed E-state index contributed by atoms with van der Waals surface area (Å²) in [5.41, 5.74) is 0. The van der Waals surface area contributed by atoms with E-state index in [2.05, 4.69) is 5.32 Å². The van der Waals surface area contributed by atoms with E-state index in [9.17, 15) is 4.79 Å². The van der Waals surface area contributed by atoms with Gasteiger partial charge >= 0.3 is 5.97 Å². The molecular weight excluding hydrogens is 194 g/mol. The summed E-state index contributed by atoms with van der Waals surface area (Å²) in [5.74, 6) is -0.267. The van der Waals surface area contributed by atoms with E-state index < -0.39 is 6.10 Å². The number of halogens is 1. The van der Waals surface area contributed by atoms with Gasteiger partial charge < -0.3 is 14.8 Å². The van der Waals surface area contributed by atoms with Crippen molar-refractivity contribution in [3.05, 3.63) is 0 Å². The normalized spacial score (nSPS) is 27.5. The van der Waals surface area contributed by atoms with Crippen molar-refractivity contribution in [1.82, 2.24) is 5.32 Å². The molecule has 4 nitrogen and oxygen atoms in total. The molecule has 1 aliphatic heterocycles. The van der Waals surface area contributed by atoms with E-state index in [-0.39, 0.29) is 24.5 Å². The number of carbonyl (C=O) groups is 1. The van der Waals surface area contributed by atoms with Crippen LogP contribution in [0.4, 0.5) is 0 Å². The first kappa shape index (κ1) is 12.7. The Bertz CT molecular complexity index is 165. The molecule has 0 spiro atoms. The van der Waals surface area contributed by atoms with Crippen LogP contribution in [0, 0.1) is 0 Å². The smallest absolute Gasteiger partial charge is 0.336 e. The van der Waals surface area contributed by atoms with Gasteiger partial charge in [0.2, 0.25) is 0 Å². The van der Waals surface area contributed by atoms with Gasteiger partial charge in [-0.2, -0.15) is 0 Å². The second-order valence-electron chi connectivity index (χ2n) is 2.85. The molecule has 2 atom stereocenters. The minimum atomic E-state index is -0.423. The SMILES string of the molecule is CCOC(=O)[C@H]1CNCC(C)O1.Cl. The minimum Gasteiger partial charge on any atom is -0.464 e. The third kappa shape index (κ3) is 3.93. The maximum atomic E-state index is 11.2. The molecule has 1 fully saturated rings. The largest absolute Gasteiger partial charge is 0.464 e. The molecule has 0 bridgehead atoms. The van der Waals surface area contributed by atoms with Crippen LogP contribution in [-0.4, -0.2) is 37.9 Å². The average Bonchev–Trinajstić information content (AvgIpc) is 2.05. The molecule has 0 aliphatic carbocycles. The lowest BCUT2D eigenvalue weighted by atomic mass is 10.2. The molecule has 1 aliphatic rings. The van der Waals surface area contributed by atoms with Gasteiger partial charge in [-0.1, -0.05) is 0 Å². The lowest BCUT2D eigenvalue weighted by molar-refractivity contribution is -0.162. The Balaban J connectivity index is 0.00000144. The maximum Gasteiger partial charge on any atom is 0.336 e. The molecule has 1 unspecified atom stereocenters. The summed E-state index contributed by atoms with van der Waals surface area (Å²) in [6.45, 7) is 5.49. The number of nitrogens with one attached hydrogen (secondary N) is 1. The van der Waals surface area contributed by atoms with Gasteiger partial charge in [0.15, 0.2) is 6.10 Å². The molecular formula is C8H16ClNO3. The molecule has 78 valence electrons. The van der Waals surface area contributed by atoms with Crippen LogP contribution in [0.3, 0.4) is 0 Å². The average molecular weight is 210 g/mol. The number of carbonyl (C=O) groups excluding carboxylic acids is 1. The summed E-state index contributed by atoms with van der Waals surface area (Å²) in [6, 6.07) is 0. The van der Waals surface area contributed by atoms with Crippen molar-refractivity contribution in [2.75, 3.05) is 19.7 Å². The molecule has 1 N–H and O–H groups in total. The van der Waals surface area contributed by atoms with Crippen LogP contribution >= 0.6 is 12.4 Å². The van der Waals surface area contributed by atoms with Crippen molar-refractivity contribution in [3.63, 3.8) is 0 Å². The highest BCUT2D eigenvalue weighted by molar-refractivity contribution is 5.85. The van der Waals surface area contributed by atoms with Crippen molar-refractivity contribution >= 4 is 18.4 Å². The van der Waals surface area contributed by atoms with Gasteiger partial charge in [-0.15, -0.1) is 12.4 Å². The molecule has 0 aromatic rings. The second-order valence-corrected chi connectivity index (χ2v) is 2.85. The quantitative estimate of drug-likeness (QED) is 0.667. The number of rotatable bonds is 2. The molecule has 1 heterocycles. The molecule has 13 heavy (non-hydrogen) atoms. The van der Waals surface area contributed by atoms with Crippen molar-refractivity contribution in [1.29, 1.82) is 0 Å². The van der Waals surface area contributed by atoms with E-state index in [1.54, 1.807) is 6.92 Å². The first-order chi connectivity index (χ1) is 5.74. The van der Waals surface area contributed by atoms with Crippen LogP contribution in [0.2, 0.25) is 0 Å². The minimum absolute atomic E-state index is 0. The third-order valence-electron chi connectivity index (χ3n) is 1.71. The predicted molar refractivity (Wildman–Crippen MR) is 51.1 cm³/mol. The van der Waals surface area contributed by atoms with Crippen molar-refractivity contribution < 1.29 is 14.3 Å². The van der Waals surface area contributed by atoms with E-state index in [4.69, 9.17) is 9.47 Å². The van der Waals surface area contributed by atoms with Gasteiger partial charge in [-0.3, -0.25) is 0 Å². The highest BCUT2D eigenvalue weighted by Crippen LogP contribution is 2.04. The Kier molecular flexibility index (Phi) is 6.03. The Labute approximate surface area is 84.4 Å². The molecule has 1 saturated heterocycles. The van der Waals surface area contributed by atoms with Gasteiger partial charge in [-0.05, 0) is 13.8 Å². The summed E-state index contributed by atoms with van der Waals surface area (Å²) in [5, 5.41) is 3.10. The topological polar surface area (TPSA) is 47.6 Å². The highest BCUT2D eigenvalue weighted by Gasteiger charge is 2.26. The lowest BCUT2D eigenvalue weighted by Gasteiger charge is -2.26. The van der Waals surface area contributed by atoms with Crippen LogP contribution < -0.4 is 5.32 Å². The van der Waals surface area contributed by atoms with Crippen LogP contribution in [0.15, 0.2) is 0 Å². The Morgan fingerprint density at radius 3 is 2.85 bits per heavy atom. The summed E-state index contributed by atoms with van der Waals surface area (Å²) < 4.78 is 10.2. The number of esters is 1. The molecule has 1 rings (SSSR count). The summed E-state index contributed by atoms with van der Waals surface area (Å²) in [4.78, 5) is 11.2. The standard InChI is InChI=1S/C8H15NO3.ClH/c1-3-11-8(10)7-5-9-4-6(2)12-7;/h6-7,9H,3-5H2,1-2H3;1H/t6?,7-;/m1./s1. The van der Waals surface area contributed by atoms with E-state index >= 15 is 0 Å². The van der Waals surface area contributed by atoms with E-state index in [0.29, 0.717) is 13.2 Å². The Hall–Kier alpha value is -0.320. The lowest BCUT2D eigenvalue weighted by Crippen LogP contribution is -2.47. The molecule has 0 radical (unpaired) electrons. The van der Waals surface area contributed by atoms with Crippen molar-refractivity contribution in [3.8, 4) is 0 Å². The molecule has 0 aromatic carbocycles. The van der Waals surface area contributed by atoms with Crippen LogP contribution in [0.25, 0.3) is 0 Å². The summed E-state index contributed by atoms with van der Waals surface area (Å²) in [7, 11) is 0. The fraction of sp³-hybridized carbons (Fsp3) is 0.875.